The van der Waals surface area contributed by atoms with Crippen molar-refractivity contribution in [1.82, 2.24) is 9.80 Å². The summed E-state index contributed by atoms with van der Waals surface area (Å²) < 4.78 is 0. The van der Waals surface area contributed by atoms with Crippen molar-refractivity contribution < 1.29 is 9.90 Å². The number of aryl methyl sites for hydroxylation is 1. The fourth-order valence-electron chi connectivity index (χ4n) is 3.85. The number of likely N-dealkylation sites (N-methyl/N-ethyl adjacent to an activating group) is 1. The molecule has 4 nitrogen and oxygen atoms in total. The van der Waals surface area contributed by atoms with Crippen molar-refractivity contribution in [3.63, 3.8) is 0 Å². The summed E-state index contributed by atoms with van der Waals surface area (Å²) in [6, 6.07) is 8.15. The lowest BCUT2D eigenvalue weighted by Crippen LogP contribution is -2.58. The second-order valence-corrected chi connectivity index (χ2v) is 6.32. The number of fused-ring (bicyclic) bond motifs is 1. The lowest BCUT2D eigenvalue weighted by molar-refractivity contribution is -0.155. The van der Waals surface area contributed by atoms with Crippen LogP contribution < -0.4 is 0 Å². The number of carbonyl (C=O) groups is 1. The summed E-state index contributed by atoms with van der Waals surface area (Å²) in [6.45, 7) is 3.54. The molecule has 1 fully saturated rings. The first-order valence-electron chi connectivity index (χ1n) is 7.90. The van der Waals surface area contributed by atoms with Gasteiger partial charge in [0.15, 0.2) is 0 Å². The van der Waals surface area contributed by atoms with E-state index >= 15 is 0 Å². The minimum atomic E-state index is -0.825. The SMILES string of the molecule is CN1CCN(C2(C(=O)O)CCCCc3ccccc32)CC1. The van der Waals surface area contributed by atoms with Gasteiger partial charge in [0.1, 0.15) is 5.54 Å². The van der Waals surface area contributed by atoms with E-state index in [0.29, 0.717) is 0 Å². The van der Waals surface area contributed by atoms with Crippen LogP contribution in [0.5, 0.6) is 0 Å². The van der Waals surface area contributed by atoms with E-state index in [1.54, 1.807) is 0 Å². The predicted molar refractivity (Wildman–Crippen MR) is 82.4 cm³/mol. The summed E-state index contributed by atoms with van der Waals surface area (Å²) in [6.07, 6.45) is 3.79. The summed E-state index contributed by atoms with van der Waals surface area (Å²) in [4.78, 5) is 16.8. The van der Waals surface area contributed by atoms with Crippen molar-refractivity contribution in [2.24, 2.45) is 0 Å². The van der Waals surface area contributed by atoms with E-state index < -0.39 is 11.5 Å². The molecule has 1 heterocycles. The van der Waals surface area contributed by atoms with E-state index in [0.717, 1.165) is 57.4 Å². The maximum Gasteiger partial charge on any atom is 0.328 e. The summed E-state index contributed by atoms with van der Waals surface area (Å²) in [7, 11) is 2.10. The molecule has 1 aliphatic heterocycles. The third-order valence-electron chi connectivity index (χ3n) is 5.09. The highest BCUT2D eigenvalue weighted by Gasteiger charge is 2.47. The van der Waals surface area contributed by atoms with Gasteiger partial charge in [-0.1, -0.05) is 30.7 Å². The molecule has 1 aliphatic carbocycles. The Kier molecular flexibility index (Phi) is 4.00. The first-order valence-corrected chi connectivity index (χ1v) is 7.90. The molecule has 0 spiro atoms. The van der Waals surface area contributed by atoms with Crippen LogP contribution in [-0.4, -0.2) is 54.1 Å². The highest BCUT2D eigenvalue weighted by atomic mass is 16.4. The predicted octanol–water partition coefficient (Wildman–Crippen LogP) is 1.94. The molecule has 0 radical (unpaired) electrons. The molecule has 3 rings (SSSR count). The number of piperazine rings is 1. The molecule has 1 aromatic rings. The summed E-state index contributed by atoms with van der Waals surface area (Å²) >= 11 is 0. The molecule has 21 heavy (non-hydrogen) atoms. The molecule has 1 N–H and O–H groups in total. The van der Waals surface area contributed by atoms with Crippen LogP contribution in [-0.2, 0) is 16.8 Å². The Morgan fingerprint density at radius 3 is 2.57 bits per heavy atom. The molecular weight excluding hydrogens is 264 g/mol. The van der Waals surface area contributed by atoms with Crippen LogP contribution in [0, 0.1) is 0 Å². The van der Waals surface area contributed by atoms with Crippen molar-refractivity contribution in [2.75, 3.05) is 33.2 Å². The summed E-state index contributed by atoms with van der Waals surface area (Å²) in [5, 5.41) is 10.1. The molecule has 0 bridgehead atoms. The molecule has 0 saturated carbocycles. The Morgan fingerprint density at radius 2 is 1.86 bits per heavy atom. The van der Waals surface area contributed by atoms with Gasteiger partial charge in [-0.15, -0.1) is 0 Å². The van der Waals surface area contributed by atoms with E-state index in [1.165, 1.54) is 5.56 Å². The van der Waals surface area contributed by atoms with E-state index in [4.69, 9.17) is 0 Å². The van der Waals surface area contributed by atoms with Crippen LogP contribution in [0.4, 0.5) is 0 Å². The fourth-order valence-corrected chi connectivity index (χ4v) is 3.85. The highest BCUT2D eigenvalue weighted by molar-refractivity contribution is 5.81. The average Bonchev–Trinajstić information content (AvgIpc) is 2.68. The molecule has 4 heteroatoms. The lowest BCUT2D eigenvalue weighted by Gasteiger charge is -2.45. The van der Waals surface area contributed by atoms with E-state index in [9.17, 15) is 9.90 Å². The molecule has 0 amide bonds. The molecule has 2 aliphatic rings. The maximum absolute atomic E-state index is 12.3. The van der Waals surface area contributed by atoms with Gasteiger partial charge >= 0.3 is 5.97 Å². The minimum absolute atomic E-state index is 0.679. The zero-order valence-corrected chi connectivity index (χ0v) is 12.7. The van der Waals surface area contributed by atoms with Gasteiger partial charge in [-0.2, -0.15) is 0 Å². The number of benzene rings is 1. The minimum Gasteiger partial charge on any atom is -0.480 e. The van der Waals surface area contributed by atoms with Gasteiger partial charge in [-0.05, 0) is 37.4 Å². The third kappa shape index (κ3) is 2.47. The van der Waals surface area contributed by atoms with Crippen molar-refractivity contribution in [3.8, 4) is 0 Å². The fraction of sp³-hybridized carbons (Fsp3) is 0.588. The second kappa shape index (κ2) is 5.78. The van der Waals surface area contributed by atoms with Crippen LogP contribution in [0.1, 0.15) is 30.4 Å². The number of nitrogens with zero attached hydrogens (tertiary/aromatic N) is 2. The van der Waals surface area contributed by atoms with Crippen molar-refractivity contribution in [3.05, 3.63) is 35.4 Å². The lowest BCUT2D eigenvalue weighted by atomic mass is 9.82. The number of carboxylic acid groups (broad SMARTS) is 1. The smallest absolute Gasteiger partial charge is 0.328 e. The van der Waals surface area contributed by atoms with Gasteiger partial charge in [0, 0.05) is 26.2 Å². The van der Waals surface area contributed by atoms with Crippen molar-refractivity contribution >= 4 is 5.97 Å². The van der Waals surface area contributed by atoms with Crippen LogP contribution in [0.2, 0.25) is 0 Å². The van der Waals surface area contributed by atoms with Crippen molar-refractivity contribution in [1.29, 1.82) is 0 Å². The first-order chi connectivity index (χ1) is 10.1. The number of hydrogen-bond donors (Lipinski definition) is 1. The largest absolute Gasteiger partial charge is 0.480 e. The van der Waals surface area contributed by atoms with Crippen molar-refractivity contribution in [2.45, 2.75) is 31.2 Å². The van der Waals surface area contributed by atoms with Crippen LogP contribution in [0.3, 0.4) is 0 Å². The second-order valence-electron chi connectivity index (χ2n) is 6.32. The zero-order chi connectivity index (χ0) is 14.9. The van der Waals surface area contributed by atoms with Gasteiger partial charge < -0.3 is 10.0 Å². The van der Waals surface area contributed by atoms with E-state index in [1.807, 2.05) is 18.2 Å². The Labute approximate surface area is 126 Å². The highest BCUT2D eigenvalue weighted by Crippen LogP contribution is 2.40. The molecule has 0 aromatic heterocycles. The van der Waals surface area contributed by atoms with Crippen LogP contribution in [0.25, 0.3) is 0 Å². The first kappa shape index (κ1) is 14.5. The van der Waals surface area contributed by atoms with Crippen LogP contribution in [0.15, 0.2) is 24.3 Å². The molecule has 1 atom stereocenters. The molecular formula is C17H24N2O2. The summed E-state index contributed by atoms with van der Waals surface area (Å²) in [5.41, 5.74) is 1.42. The standard InChI is InChI=1S/C17H24N2O2/c1-18-10-12-19(13-11-18)17(16(20)21)9-5-4-7-14-6-2-3-8-15(14)17/h2-3,6,8H,4-5,7,9-13H2,1H3,(H,20,21). The monoisotopic (exact) mass is 288 g/mol. The Balaban J connectivity index is 2.06. The van der Waals surface area contributed by atoms with Gasteiger partial charge in [0.05, 0.1) is 0 Å². The molecule has 1 aromatic carbocycles. The van der Waals surface area contributed by atoms with E-state index in [2.05, 4.69) is 22.9 Å². The summed E-state index contributed by atoms with van der Waals surface area (Å²) in [5.74, 6) is -0.679. The Morgan fingerprint density at radius 1 is 1.14 bits per heavy atom. The van der Waals surface area contributed by atoms with E-state index in [-0.39, 0.29) is 0 Å². The quantitative estimate of drug-likeness (QED) is 0.845. The number of rotatable bonds is 2. The topological polar surface area (TPSA) is 43.8 Å². The Bertz CT molecular complexity index is 523. The number of carboxylic acids is 1. The molecule has 114 valence electrons. The normalized spacial score (nSPS) is 27.9. The van der Waals surface area contributed by atoms with Gasteiger partial charge in [0.25, 0.3) is 0 Å². The average molecular weight is 288 g/mol. The molecule has 1 unspecified atom stereocenters. The van der Waals surface area contributed by atoms with Gasteiger partial charge in [0.2, 0.25) is 0 Å². The molecule has 1 saturated heterocycles. The third-order valence-corrected chi connectivity index (χ3v) is 5.09. The maximum atomic E-state index is 12.3. The zero-order valence-electron chi connectivity index (χ0n) is 12.7. The van der Waals surface area contributed by atoms with Gasteiger partial charge in [-0.25, -0.2) is 4.79 Å². The van der Waals surface area contributed by atoms with Gasteiger partial charge in [-0.3, -0.25) is 4.90 Å². The Hall–Kier alpha value is -1.39. The number of aliphatic carboxylic acids is 1. The number of hydrogen-bond acceptors (Lipinski definition) is 3. The van der Waals surface area contributed by atoms with Crippen LogP contribution >= 0.6 is 0 Å².